The van der Waals surface area contributed by atoms with Gasteiger partial charge in [-0.25, -0.2) is 5.14 Å². The predicted molar refractivity (Wildman–Crippen MR) is 70.1 cm³/mol. The van der Waals surface area contributed by atoms with Gasteiger partial charge in [0, 0.05) is 0 Å². The second-order valence-electron chi connectivity index (χ2n) is 4.86. The Labute approximate surface area is 108 Å². The smallest absolute Gasteiger partial charge is 0.255 e. The Kier molecular flexibility index (Phi) is 4.37. The Balaban J connectivity index is 2.04. The standard InChI is InChI=1S/C13H19NO3S/c14-18(15,16)17-13-9-5-4-8-12(13)10-11-6-2-1-3-7-11/h1-3,6-7,12-13H,4-5,8-10H2,(H2,14,15,16)/t12-,13?/m0/s1. The molecule has 4 nitrogen and oxygen atoms in total. The molecule has 2 rings (SSSR count). The van der Waals surface area contributed by atoms with Crippen LogP contribution in [0.3, 0.4) is 0 Å². The third-order valence-corrected chi connectivity index (χ3v) is 3.95. The van der Waals surface area contributed by atoms with Crippen LogP contribution in [0.5, 0.6) is 0 Å². The van der Waals surface area contributed by atoms with Gasteiger partial charge in [0.05, 0.1) is 6.10 Å². The van der Waals surface area contributed by atoms with Crippen LogP contribution < -0.4 is 5.14 Å². The Bertz CT molecular complexity index is 472. The van der Waals surface area contributed by atoms with Gasteiger partial charge in [-0.3, -0.25) is 4.18 Å². The normalized spacial score (nSPS) is 24.9. The molecule has 1 aromatic carbocycles. The molecule has 2 N–H and O–H groups in total. The van der Waals surface area contributed by atoms with Crippen molar-refractivity contribution in [2.24, 2.45) is 11.1 Å². The van der Waals surface area contributed by atoms with Crippen molar-refractivity contribution in [3.05, 3.63) is 35.9 Å². The van der Waals surface area contributed by atoms with E-state index in [1.54, 1.807) is 0 Å². The van der Waals surface area contributed by atoms with Crippen LogP contribution in [0.15, 0.2) is 30.3 Å². The molecule has 1 fully saturated rings. The summed E-state index contributed by atoms with van der Waals surface area (Å²) >= 11 is 0. The van der Waals surface area contributed by atoms with Gasteiger partial charge in [-0.15, -0.1) is 0 Å². The average molecular weight is 269 g/mol. The maximum atomic E-state index is 11.1. The summed E-state index contributed by atoms with van der Waals surface area (Å²) in [6, 6.07) is 10.1. The zero-order valence-corrected chi connectivity index (χ0v) is 11.1. The zero-order chi connectivity index (χ0) is 13.0. The highest BCUT2D eigenvalue weighted by molar-refractivity contribution is 7.84. The molecule has 0 aliphatic heterocycles. The van der Waals surface area contributed by atoms with Crippen molar-refractivity contribution < 1.29 is 12.6 Å². The molecule has 18 heavy (non-hydrogen) atoms. The highest BCUT2D eigenvalue weighted by Gasteiger charge is 2.29. The summed E-state index contributed by atoms with van der Waals surface area (Å²) in [5.74, 6) is 0.236. The number of rotatable bonds is 4. The summed E-state index contributed by atoms with van der Waals surface area (Å²) in [5, 5.41) is 4.97. The highest BCUT2D eigenvalue weighted by Crippen LogP contribution is 2.30. The van der Waals surface area contributed by atoms with Crippen LogP contribution in [0.2, 0.25) is 0 Å². The van der Waals surface area contributed by atoms with E-state index in [0.717, 1.165) is 32.1 Å². The zero-order valence-electron chi connectivity index (χ0n) is 10.3. The lowest BCUT2D eigenvalue weighted by Gasteiger charge is -2.30. The Morgan fingerprint density at radius 1 is 1.17 bits per heavy atom. The van der Waals surface area contributed by atoms with Crippen LogP contribution in [0.25, 0.3) is 0 Å². The minimum absolute atomic E-state index is 0.236. The van der Waals surface area contributed by atoms with Gasteiger partial charge in [0.2, 0.25) is 0 Å². The van der Waals surface area contributed by atoms with Gasteiger partial charge in [0.25, 0.3) is 0 Å². The van der Waals surface area contributed by atoms with Crippen LogP contribution in [0.1, 0.15) is 31.2 Å². The minimum atomic E-state index is -3.85. The summed E-state index contributed by atoms with van der Waals surface area (Å²) in [6.07, 6.45) is 4.48. The second kappa shape index (κ2) is 5.82. The monoisotopic (exact) mass is 269 g/mol. The van der Waals surface area contributed by atoms with Crippen molar-refractivity contribution in [1.82, 2.24) is 0 Å². The number of hydrogen-bond acceptors (Lipinski definition) is 3. The third-order valence-electron chi connectivity index (χ3n) is 3.44. The van der Waals surface area contributed by atoms with Crippen LogP contribution in [0.4, 0.5) is 0 Å². The van der Waals surface area contributed by atoms with E-state index >= 15 is 0 Å². The van der Waals surface area contributed by atoms with Crippen LogP contribution in [0, 0.1) is 5.92 Å². The summed E-state index contributed by atoms with van der Waals surface area (Å²) in [6.45, 7) is 0. The number of nitrogens with two attached hydrogens (primary N) is 1. The lowest BCUT2D eigenvalue weighted by Crippen LogP contribution is -2.33. The third kappa shape index (κ3) is 4.08. The van der Waals surface area contributed by atoms with Crippen molar-refractivity contribution in [3.8, 4) is 0 Å². The Hall–Kier alpha value is -0.910. The molecule has 2 atom stereocenters. The SMILES string of the molecule is NS(=O)(=O)OC1CCCC[C@H]1Cc1ccccc1. The quantitative estimate of drug-likeness (QED) is 0.909. The molecule has 0 heterocycles. The first-order chi connectivity index (χ1) is 8.54. The molecule has 1 saturated carbocycles. The largest absolute Gasteiger partial charge is 0.333 e. The fraction of sp³-hybridized carbons (Fsp3) is 0.538. The molecule has 0 amide bonds. The summed E-state index contributed by atoms with van der Waals surface area (Å²) in [7, 11) is -3.85. The lowest BCUT2D eigenvalue weighted by atomic mass is 9.82. The first-order valence-corrected chi connectivity index (χ1v) is 7.77. The van der Waals surface area contributed by atoms with Crippen molar-refractivity contribution in [2.75, 3.05) is 0 Å². The average Bonchev–Trinajstić information content (AvgIpc) is 2.31. The van der Waals surface area contributed by atoms with E-state index in [9.17, 15) is 8.42 Å². The maximum Gasteiger partial charge on any atom is 0.333 e. The van der Waals surface area contributed by atoms with E-state index in [-0.39, 0.29) is 12.0 Å². The molecule has 0 radical (unpaired) electrons. The van der Waals surface area contributed by atoms with Gasteiger partial charge >= 0.3 is 10.3 Å². The maximum absolute atomic E-state index is 11.1. The molecular formula is C13H19NO3S. The van der Waals surface area contributed by atoms with Crippen LogP contribution in [-0.2, 0) is 20.9 Å². The molecule has 0 spiro atoms. The molecule has 1 aliphatic rings. The fourth-order valence-corrected chi connectivity index (χ4v) is 3.22. The van der Waals surface area contributed by atoms with E-state index in [0.29, 0.717) is 0 Å². The lowest BCUT2D eigenvalue weighted by molar-refractivity contribution is 0.0990. The molecule has 0 saturated heterocycles. The van der Waals surface area contributed by atoms with Crippen LogP contribution >= 0.6 is 0 Å². The van der Waals surface area contributed by atoms with E-state index < -0.39 is 10.3 Å². The van der Waals surface area contributed by atoms with Crippen LogP contribution in [-0.4, -0.2) is 14.5 Å². The van der Waals surface area contributed by atoms with Gasteiger partial charge < -0.3 is 0 Å². The predicted octanol–water partition coefficient (Wildman–Crippen LogP) is 2.01. The van der Waals surface area contributed by atoms with E-state index in [4.69, 9.17) is 9.32 Å². The van der Waals surface area contributed by atoms with Crippen molar-refractivity contribution in [1.29, 1.82) is 0 Å². The molecule has 0 aromatic heterocycles. The minimum Gasteiger partial charge on any atom is -0.255 e. The van der Waals surface area contributed by atoms with E-state index in [1.807, 2.05) is 18.2 Å². The highest BCUT2D eigenvalue weighted by atomic mass is 32.2. The fourth-order valence-electron chi connectivity index (χ4n) is 2.62. The van der Waals surface area contributed by atoms with Gasteiger partial charge in [0.1, 0.15) is 0 Å². The molecule has 100 valence electrons. The summed E-state index contributed by atoms with van der Waals surface area (Å²) in [5.41, 5.74) is 1.22. The summed E-state index contributed by atoms with van der Waals surface area (Å²) < 4.78 is 27.1. The van der Waals surface area contributed by atoms with Gasteiger partial charge in [0.15, 0.2) is 0 Å². The first-order valence-electron chi connectivity index (χ1n) is 6.29. The number of benzene rings is 1. The molecule has 0 bridgehead atoms. The van der Waals surface area contributed by atoms with Crippen molar-refractivity contribution in [2.45, 2.75) is 38.2 Å². The molecule has 1 unspecified atom stereocenters. The van der Waals surface area contributed by atoms with Gasteiger partial charge in [-0.05, 0) is 30.7 Å². The summed E-state index contributed by atoms with van der Waals surface area (Å²) in [4.78, 5) is 0. The first kappa shape index (κ1) is 13.5. The van der Waals surface area contributed by atoms with Gasteiger partial charge in [-0.1, -0.05) is 43.2 Å². The Morgan fingerprint density at radius 2 is 1.83 bits per heavy atom. The second-order valence-corrected chi connectivity index (χ2v) is 6.04. The van der Waals surface area contributed by atoms with E-state index in [1.165, 1.54) is 5.56 Å². The van der Waals surface area contributed by atoms with Gasteiger partial charge in [-0.2, -0.15) is 8.42 Å². The molecular weight excluding hydrogens is 250 g/mol. The number of hydrogen-bond donors (Lipinski definition) is 1. The Morgan fingerprint density at radius 3 is 2.50 bits per heavy atom. The molecule has 1 aromatic rings. The molecule has 1 aliphatic carbocycles. The molecule has 5 heteroatoms. The van der Waals surface area contributed by atoms with E-state index in [2.05, 4.69) is 12.1 Å². The van der Waals surface area contributed by atoms with Crippen molar-refractivity contribution in [3.63, 3.8) is 0 Å². The topological polar surface area (TPSA) is 69.4 Å². The van der Waals surface area contributed by atoms with Crippen molar-refractivity contribution >= 4 is 10.3 Å².